The molecule has 1 N–H and O–H groups in total. The Kier molecular flexibility index (Phi) is 3.74. The average Bonchev–Trinajstić information content (AvgIpc) is 3.06. The SMILES string of the molecule is Cc1cccc(N2CCN(c3ncnc4c3[nH]c3ccccc34)C[C@H]2C)c1. The highest BCUT2D eigenvalue weighted by Crippen LogP contribution is 2.31. The van der Waals surface area contributed by atoms with Crippen molar-refractivity contribution < 1.29 is 0 Å². The van der Waals surface area contributed by atoms with E-state index in [-0.39, 0.29) is 0 Å². The highest BCUT2D eigenvalue weighted by Gasteiger charge is 2.26. The van der Waals surface area contributed by atoms with Gasteiger partial charge in [0, 0.05) is 42.3 Å². The van der Waals surface area contributed by atoms with Crippen LogP contribution < -0.4 is 9.80 Å². The number of hydrogen-bond acceptors (Lipinski definition) is 4. The van der Waals surface area contributed by atoms with Gasteiger partial charge in [-0.2, -0.15) is 0 Å². The lowest BCUT2D eigenvalue weighted by Gasteiger charge is -2.42. The summed E-state index contributed by atoms with van der Waals surface area (Å²) in [5.74, 6) is 1.01. The van der Waals surface area contributed by atoms with E-state index in [2.05, 4.69) is 81.1 Å². The van der Waals surface area contributed by atoms with E-state index < -0.39 is 0 Å². The number of fused-ring (bicyclic) bond motifs is 3. The molecule has 1 aliphatic rings. The lowest BCUT2D eigenvalue weighted by Crippen LogP contribution is -2.52. The summed E-state index contributed by atoms with van der Waals surface area (Å²) in [5.41, 5.74) is 5.76. The van der Waals surface area contributed by atoms with Gasteiger partial charge in [-0.3, -0.25) is 0 Å². The van der Waals surface area contributed by atoms with Gasteiger partial charge in [-0.1, -0.05) is 30.3 Å². The molecule has 2 aromatic heterocycles. The predicted octanol–water partition coefficient (Wildman–Crippen LogP) is 4.13. The van der Waals surface area contributed by atoms with Crippen molar-refractivity contribution in [3.8, 4) is 0 Å². The van der Waals surface area contributed by atoms with Crippen molar-refractivity contribution >= 4 is 33.4 Å². The summed E-state index contributed by atoms with van der Waals surface area (Å²) < 4.78 is 0. The standard InChI is InChI=1S/C22H23N5/c1-15-6-5-7-17(12-15)27-11-10-26(13-16(27)2)22-21-20(23-14-24-22)18-8-3-4-9-19(18)25-21/h3-9,12,14,16,25H,10-11,13H2,1-2H3/t16-/m1/s1. The molecule has 4 aromatic rings. The van der Waals surface area contributed by atoms with Crippen molar-refractivity contribution in [1.29, 1.82) is 0 Å². The minimum Gasteiger partial charge on any atom is -0.365 e. The van der Waals surface area contributed by atoms with Crippen LogP contribution in [0.1, 0.15) is 12.5 Å². The first kappa shape index (κ1) is 16.1. The topological polar surface area (TPSA) is 48.1 Å². The van der Waals surface area contributed by atoms with Crippen LogP contribution in [0.5, 0.6) is 0 Å². The number of rotatable bonds is 2. The van der Waals surface area contributed by atoms with Crippen LogP contribution in [0, 0.1) is 6.92 Å². The van der Waals surface area contributed by atoms with Gasteiger partial charge in [-0.25, -0.2) is 9.97 Å². The van der Waals surface area contributed by atoms with Crippen LogP contribution in [0.15, 0.2) is 54.9 Å². The fraction of sp³-hybridized carbons (Fsp3) is 0.273. The number of aryl methyl sites for hydroxylation is 1. The minimum absolute atomic E-state index is 0.412. The van der Waals surface area contributed by atoms with Crippen LogP contribution in [-0.2, 0) is 0 Å². The van der Waals surface area contributed by atoms with Crippen molar-refractivity contribution in [2.75, 3.05) is 29.4 Å². The monoisotopic (exact) mass is 357 g/mol. The van der Waals surface area contributed by atoms with Crippen LogP contribution >= 0.6 is 0 Å². The maximum atomic E-state index is 4.64. The number of aromatic amines is 1. The first-order valence-corrected chi connectivity index (χ1v) is 9.50. The first-order valence-electron chi connectivity index (χ1n) is 9.50. The van der Waals surface area contributed by atoms with E-state index in [9.17, 15) is 0 Å². The molecule has 27 heavy (non-hydrogen) atoms. The Morgan fingerprint density at radius 1 is 1.04 bits per heavy atom. The molecule has 0 spiro atoms. The van der Waals surface area contributed by atoms with Crippen molar-refractivity contribution in [2.45, 2.75) is 19.9 Å². The normalized spacial score (nSPS) is 17.8. The Labute approximate surface area is 158 Å². The van der Waals surface area contributed by atoms with E-state index in [1.165, 1.54) is 11.3 Å². The molecule has 136 valence electrons. The molecule has 5 nitrogen and oxygen atoms in total. The quantitative estimate of drug-likeness (QED) is 0.586. The molecule has 0 unspecified atom stereocenters. The molecule has 0 amide bonds. The molecule has 0 aliphatic carbocycles. The van der Waals surface area contributed by atoms with Crippen LogP contribution in [0.25, 0.3) is 21.9 Å². The summed E-state index contributed by atoms with van der Waals surface area (Å²) in [4.78, 5) is 17.6. The Bertz CT molecular complexity index is 1120. The van der Waals surface area contributed by atoms with Gasteiger partial charge in [0.15, 0.2) is 5.82 Å². The summed E-state index contributed by atoms with van der Waals surface area (Å²) >= 11 is 0. The predicted molar refractivity (Wildman–Crippen MR) is 112 cm³/mol. The number of aromatic nitrogens is 3. The van der Waals surface area contributed by atoms with Crippen LogP contribution in [-0.4, -0.2) is 40.6 Å². The third-order valence-electron chi connectivity index (χ3n) is 5.53. The number of nitrogens with zero attached hydrogens (tertiary/aromatic N) is 4. The summed E-state index contributed by atoms with van der Waals surface area (Å²) in [7, 11) is 0. The summed E-state index contributed by atoms with van der Waals surface area (Å²) in [6.45, 7) is 7.31. The second-order valence-electron chi connectivity index (χ2n) is 7.42. The number of hydrogen-bond donors (Lipinski definition) is 1. The highest BCUT2D eigenvalue weighted by molar-refractivity contribution is 6.08. The van der Waals surface area contributed by atoms with E-state index in [1.54, 1.807) is 6.33 Å². The first-order chi connectivity index (χ1) is 13.2. The van der Waals surface area contributed by atoms with E-state index in [0.29, 0.717) is 6.04 Å². The molecule has 3 heterocycles. The summed E-state index contributed by atoms with van der Waals surface area (Å²) in [5, 5.41) is 1.16. The fourth-order valence-electron chi connectivity index (χ4n) is 4.21. The fourth-order valence-corrected chi connectivity index (χ4v) is 4.21. The molecule has 1 atom stereocenters. The van der Waals surface area contributed by atoms with E-state index in [1.807, 2.05) is 6.07 Å². The number of para-hydroxylation sites is 1. The van der Waals surface area contributed by atoms with Gasteiger partial charge in [0.2, 0.25) is 0 Å². The maximum Gasteiger partial charge on any atom is 0.156 e. The van der Waals surface area contributed by atoms with Gasteiger partial charge in [-0.15, -0.1) is 0 Å². The molecule has 2 aromatic carbocycles. The average molecular weight is 357 g/mol. The Balaban J connectivity index is 1.48. The second-order valence-corrected chi connectivity index (χ2v) is 7.42. The Hall–Kier alpha value is -3.08. The van der Waals surface area contributed by atoms with Gasteiger partial charge in [0.25, 0.3) is 0 Å². The zero-order valence-corrected chi connectivity index (χ0v) is 15.7. The lowest BCUT2D eigenvalue weighted by atomic mass is 10.1. The smallest absolute Gasteiger partial charge is 0.156 e. The molecule has 1 saturated heterocycles. The molecule has 0 saturated carbocycles. The third-order valence-corrected chi connectivity index (χ3v) is 5.53. The molecule has 5 heteroatoms. The number of H-pyrrole nitrogens is 1. The zero-order chi connectivity index (χ0) is 18.4. The molecule has 1 aliphatic heterocycles. The van der Waals surface area contributed by atoms with Gasteiger partial charge < -0.3 is 14.8 Å². The van der Waals surface area contributed by atoms with Crippen LogP contribution in [0.4, 0.5) is 11.5 Å². The van der Waals surface area contributed by atoms with Gasteiger partial charge >= 0.3 is 0 Å². The molecule has 0 radical (unpaired) electrons. The molecule has 0 bridgehead atoms. The molecular formula is C22H23N5. The summed E-state index contributed by atoms with van der Waals surface area (Å²) in [6.07, 6.45) is 1.69. The number of piperazine rings is 1. The van der Waals surface area contributed by atoms with Crippen molar-refractivity contribution in [3.63, 3.8) is 0 Å². The summed E-state index contributed by atoms with van der Waals surface area (Å²) in [6, 6.07) is 17.5. The zero-order valence-electron chi connectivity index (χ0n) is 15.7. The Morgan fingerprint density at radius 3 is 2.78 bits per heavy atom. The van der Waals surface area contributed by atoms with Crippen LogP contribution in [0.2, 0.25) is 0 Å². The molecule has 5 rings (SSSR count). The largest absolute Gasteiger partial charge is 0.365 e. The van der Waals surface area contributed by atoms with E-state index in [0.717, 1.165) is 47.4 Å². The van der Waals surface area contributed by atoms with Crippen molar-refractivity contribution in [3.05, 3.63) is 60.4 Å². The minimum atomic E-state index is 0.412. The van der Waals surface area contributed by atoms with Gasteiger partial charge in [0.1, 0.15) is 17.4 Å². The van der Waals surface area contributed by atoms with Crippen molar-refractivity contribution in [1.82, 2.24) is 15.0 Å². The maximum absolute atomic E-state index is 4.64. The molecule has 1 fully saturated rings. The van der Waals surface area contributed by atoms with Crippen molar-refractivity contribution in [2.24, 2.45) is 0 Å². The van der Waals surface area contributed by atoms with Gasteiger partial charge in [0.05, 0.1) is 0 Å². The lowest BCUT2D eigenvalue weighted by molar-refractivity contribution is 0.548. The third kappa shape index (κ3) is 2.70. The number of nitrogens with one attached hydrogen (secondary N) is 1. The Morgan fingerprint density at radius 2 is 1.93 bits per heavy atom. The number of benzene rings is 2. The second kappa shape index (κ2) is 6.27. The van der Waals surface area contributed by atoms with E-state index in [4.69, 9.17) is 0 Å². The number of anilines is 2. The molecular weight excluding hydrogens is 334 g/mol. The van der Waals surface area contributed by atoms with Gasteiger partial charge in [-0.05, 0) is 37.6 Å². The van der Waals surface area contributed by atoms with Crippen LogP contribution in [0.3, 0.4) is 0 Å². The highest BCUT2D eigenvalue weighted by atomic mass is 15.3. The van der Waals surface area contributed by atoms with E-state index >= 15 is 0 Å².